The number of nitrogens with zero attached hydrogens (tertiary/aromatic N) is 5. The van der Waals surface area contributed by atoms with Gasteiger partial charge < -0.3 is 5.32 Å². The van der Waals surface area contributed by atoms with Gasteiger partial charge in [-0.05, 0) is 35.3 Å². The van der Waals surface area contributed by atoms with Gasteiger partial charge in [-0.3, -0.25) is 9.48 Å². The Morgan fingerprint density at radius 1 is 1.35 bits per heavy atom. The van der Waals surface area contributed by atoms with Gasteiger partial charge in [-0.2, -0.15) is 10.2 Å². The normalized spacial score (nSPS) is 11.1. The lowest BCUT2D eigenvalue weighted by molar-refractivity contribution is 0.0948. The van der Waals surface area contributed by atoms with Gasteiger partial charge in [0.15, 0.2) is 11.3 Å². The summed E-state index contributed by atoms with van der Waals surface area (Å²) >= 11 is 3.53. The zero-order valence-electron chi connectivity index (χ0n) is 13.0. The highest BCUT2D eigenvalue weighted by atomic mass is 79.9. The van der Waals surface area contributed by atoms with Gasteiger partial charge in [-0.15, -0.1) is 0 Å². The second kappa shape index (κ2) is 6.49. The molecule has 3 aromatic rings. The van der Waals surface area contributed by atoms with Crippen molar-refractivity contribution in [1.29, 1.82) is 0 Å². The van der Waals surface area contributed by atoms with E-state index in [1.54, 1.807) is 16.8 Å². The van der Waals surface area contributed by atoms with Crippen molar-refractivity contribution in [2.24, 2.45) is 0 Å². The molecule has 23 heavy (non-hydrogen) atoms. The number of rotatable bonds is 5. The van der Waals surface area contributed by atoms with Crippen molar-refractivity contribution in [2.75, 3.05) is 6.54 Å². The number of halogens is 1. The van der Waals surface area contributed by atoms with Gasteiger partial charge in [-0.1, -0.05) is 6.92 Å². The maximum absolute atomic E-state index is 12.1. The molecule has 0 aliphatic carbocycles. The van der Waals surface area contributed by atoms with Gasteiger partial charge in [0, 0.05) is 31.5 Å². The van der Waals surface area contributed by atoms with E-state index in [1.165, 1.54) is 0 Å². The van der Waals surface area contributed by atoms with E-state index in [2.05, 4.69) is 36.4 Å². The lowest BCUT2D eigenvalue weighted by Crippen LogP contribution is -2.24. The smallest absolute Gasteiger partial charge is 0.271 e. The van der Waals surface area contributed by atoms with E-state index in [0.717, 1.165) is 28.8 Å². The summed E-state index contributed by atoms with van der Waals surface area (Å²) in [6, 6.07) is 3.51. The van der Waals surface area contributed by atoms with Gasteiger partial charge in [0.2, 0.25) is 0 Å². The highest BCUT2D eigenvalue weighted by Crippen LogP contribution is 2.26. The average Bonchev–Trinajstić information content (AvgIpc) is 3.15. The molecule has 0 radical (unpaired) electrons. The summed E-state index contributed by atoms with van der Waals surface area (Å²) in [5, 5.41) is 11.7. The van der Waals surface area contributed by atoms with Crippen LogP contribution in [0.1, 0.15) is 30.8 Å². The second-order valence-corrected chi connectivity index (χ2v) is 5.92. The minimum atomic E-state index is -0.193. The standard InChI is InChI=1S/C15H17BrN6O/c1-3-6-18-15(23)11-8-13-17-7-5-12(22(13)19-11)14-10(16)9-21(4-2)20-14/h5,7-9H,3-4,6H2,1-2H3,(H,18,23). The number of carbonyl (C=O) groups is 1. The van der Waals surface area contributed by atoms with Crippen molar-refractivity contribution in [2.45, 2.75) is 26.8 Å². The van der Waals surface area contributed by atoms with Crippen molar-refractivity contribution in [3.05, 3.63) is 34.7 Å². The van der Waals surface area contributed by atoms with Crippen LogP contribution in [0.5, 0.6) is 0 Å². The summed E-state index contributed by atoms with van der Waals surface area (Å²) in [4.78, 5) is 16.4. The molecule has 3 aromatic heterocycles. The summed E-state index contributed by atoms with van der Waals surface area (Å²) in [6.45, 7) is 5.43. The molecule has 0 saturated heterocycles. The van der Waals surface area contributed by atoms with Crippen molar-refractivity contribution in [1.82, 2.24) is 29.7 Å². The van der Waals surface area contributed by atoms with Crippen LogP contribution in [0.2, 0.25) is 0 Å². The molecule has 0 aliphatic rings. The summed E-state index contributed by atoms with van der Waals surface area (Å²) in [5.41, 5.74) is 2.51. The Morgan fingerprint density at radius 2 is 2.17 bits per heavy atom. The molecule has 3 heterocycles. The fraction of sp³-hybridized carbons (Fsp3) is 0.333. The lowest BCUT2D eigenvalue weighted by atomic mass is 10.3. The minimum Gasteiger partial charge on any atom is -0.351 e. The van der Waals surface area contributed by atoms with Crippen LogP contribution < -0.4 is 5.32 Å². The molecular weight excluding hydrogens is 360 g/mol. The molecule has 0 saturated carbocycles. The van der Waals surface area contributed by atoms with Gasteiger partial charge in [0.1, 0.15) is 5.69 Å². The van der Waals surface area contributed by atoms with Crippen LogP contribution in [0.4, 0.5) is 0 Å². The quantitative estimate of drug-likeness (QED) is 0.741. The Hall–Kier alpha value is -2.22. The van der Waals surface area contributed by atoms with E-state index >= 15 is 0 Å². The van der Waals surface area contributed by atoms with Crippen LogP contribution >= 0.6 is 15.9 Å². The molecule has 0 fully saturated rings. The van der Waals surface area contributed by atoms with Crippen LogP contribution in [0, 0.1) is 0 Å². The third-order valence-electron chi connectivity index (χ3n) is 3.41. The van der Waals surface area contributed by atoms with E-state index in [4.69, 9.17) is 0 Å². The Bertz CT molecular complexity index is 853. The number of fused-ring (bicyclic) bond motifs is 1. The first kappa shape index (κ1) is 15.7. The van der Waals surface area contributed by atoms with Gasteiger partial charge in [0.05, 0.1) is 10.2 Å². The van der Waals surface area contributed by atoms with Crippen molar-refractivity contribution in [3.63, 3.8) is 0 Å². The predicted octanol–water partition coefficient (Wildman–Crippen LogP) is 2.52. The zero-order valence-corrected chi connectivity index (χ0v) is 14.5. The molecular formula is C15H17BrN6O. The van der Waals surface area contributed by atoms with E-state index in [9.17, 15) is 4.79 Å². The highest BCUT2D eigenvalue weighted by molar-refractivity contribution is 9.10. The number of nitrogens with one attached hydrogen (secondary N) is 1. The van der Waals surface area contributed by atoms with E-state index in [1.807, 2.05) is 30.8 Å². The Kier molecular flexibility index (Phi) is 4.42. The third kappa shape index (κ3) is 2.98. The molecule has 120 valence electrons. The van der Waals surface area contributed by atoms with E-state index in [-0.39, 0.29) is 5.91 Å². The predicted molar refractivity (Wildman–Crippen MR) is 90.2 cm³/mol. The van der Waals surface area contributed by atoms with E-state index in [0.29, 0.717) is 17.9 Å². The van der Waals surface area contributed by atoms with Crippen molar-refractivity contribution < 1.29 is 4.79 Å². The summed E-state index contributed by atoms with van der Waals surface area (Å²) in [5.74, 6) is -0.193. The van der Waals surface area contributed by atoms with Crippen molar-refractivity contribution >= 4 is 27.5 Å². The van der Waals surface area contributed by atoms with Crippen LogP contribution in [-0.2, 0) is 6.54 Å². The molecule has 3 rings (SSSR count). The molecule has 0 aromatic carbocycles. The van der Waals surface area contributed by atoms with Gasteiger partial charge >= 0.3 is 0 Å². The van der Waals surface area contributed by atoms with Gasteiger partial charge in [-0.25, -0.2) is 9.50 Å². The second-order valence-electron chi connectivity index (χ2n) is 5.07. The molecule has 0 aliphatic heterocycles. The molecule has 0 atom stereocenters. The molecule has 1 N–H and O–H groups in total. The average molecular weight is 377 g/mol. The lowest BCUT2D eigenvalue weighted by Gasteiger charge is -2.02. The number of carbonyl (C=O) groups excluding carboxylic acids is 1. The van der Waals surface area contributed by atoms with Crippen molar-refractivity contribution in [3.8, 4) is 11.4 Å². The minimum absolute atomic E-state index is 0.193. The van der Waals surface area contributed by atoms with Crippen LogP contribution in [0.3, 0.4) is 0 Å². The first-order valence-corrected chi connectivity index (χ1v) is 8.29. The monoisotopic (exact) mass is 376 g/mol. The number of hydrogen-bond donors (Lipinski definition) is 1. The number of aryl methyl sites for hydroxylation is 1. The topological polar surface area (TPSA) is 77.1 Å². The zero-order chi connectivity index (χ0) is 16.4. The molecule has 1 amide bonds. The molecule has 7 nitrogen and oxygen atoms in total. The number of amides is 1. The van der Waals surface area contributed by atoms with Gasteiger partial charge in [0.25, 0.3) is 5.91 Å². The Labute approximate surface area is 141 Å². The third-order valence-corrected chi connectivity index (χ3v) is 3.99. The SMILES string of the molecule is CCCNC(=O)c1cc2nccc(-c3nn(CC)cc3Br)n2n1. The molecule has 8 heteroatoms. The maximum Gasteiger partial charge on any atom is 0.271 e. The molecule has 0 bridgehead atoms. The highest BCUT2D eigenvalue weighted by Gasteiger charge is 2.16. The maximum atomic E-state index is 12.1. The Morgan fingerprint density at radius 3 is 2.87 bits per heavy atom. The number of aromatic nitrogens is 5. The van der Waals surface area contributed by atoms with E-state index < -0.39 is 0 Å². The first-order valence-electron chi connectivity index (χ1n) is 7.50. The van der Waals surface area contributed by atoms with Crippen LogP contribution in [0.25, 0.3) is 17.0 Å². The van der Waals surface area contributed by atoms with Crippen LogP contribution in [0.15, 0.2) is 29.0 Å². The summed E-state index contributed by atoms with van der Waals surface area (Å²) in [6.07, 6.45) is 4.49. The number of hydrogen-bond acceptors (Lipinski definition) is 4. The van der Waals surface area contributed by atoms with Crippen LogP contribution in [-0.4, -0.2) is 36.8 Å². The fourth-order valence-corrected chi connectivity index (χ4v) is 2.77. The largest absolute Gasteiger partial charge is 0.351 e. The molecule has 0 spiro atoms. The molecule has 0 unspecified atom stereocenters. The summed E-state index contributed by atoms with van der Waals surface area (Å²) < 4.78 is 4.36. The summed E-state index contributed by atoms with van der Waals surface area (Å²) in [7, 11) is 0. The first-order chi connectivity index (χ1) is 11.1. The Balaban J connectivity index is 2.06. The fourth-order valence-electron chi connectivity index (χ4n) is 2.25.